The molecule has 1 fully saturated rings. The Hall–Kier alpha value is -1.19. The molecule has 2 aromatic rings. The van der Waals surface area contributed by atoms with Crippen LogP contribution >= 0.6 is 34.8 Å². The van der Waals surface area contributed by atoms with Gasteiger partial charge in [-0.2, -0.15) is 0 Å². The maximum Gasteiger partial charge on any atom is 0.170 e. The molecule has 1 aliphatic rings. The summed E-state index contributed by atoms with van der Waals surface area (Å²) in [6, 6.07) is 6.25. The molecule has 3 heterocycles. The zero-order chi connectivity index (χ0) is 18.1. The molecule has 134 valence electrons. The summed E-state index contributed by atoms with van der Waals surface area (Å²) in [6.45, 7) is 6.10. The number of hydrogen-bond donors (Lipinski definition) is 2. The molecule has 2 atom stereocenters. The van der Waals surface area contributed by atoms with Crippen molar-refractivity contribution in [1.29, 1.82) is 0 Å². The molecule has 2 N–H and O–H groups in total. The molecule has 5 nitrogen and oxygen atoms in total. The number of nitrogens with zero attached hydrogens (tertiary/aromatic N) is 3. The van der Waals surface area contributed by atoms with Gasteiger partial charge in [0.1, 0.15) is 0 Å². The summed E-state index contributed by atoms with van der Waals surface area (Å²) in [5.74, 6) is 0. The van der Waals surface area contributed by atoms with Crippen LogP contribution in [0.5, 0.6) is 0 Å². The summed E-state index contributed by atoms with van der Waals surface area (Å²) in [7, 11) is 4.18. The van der Waals surface area contributed by atoms with Gasteiger partial charge in [-0.1, -0.05) is 6.07 Å². The fourth-order valence-corrected chi connectivity index (χ4v) is 4.58. The lowest BCUT2D eigenvalue weighted by molar-refractivity contribution is 0.276. The van der Waals surface area contributed by atoms with Gasteiger partial charge in [0.25, 0.3) is 0 Å². The van der Waals surface area contributed by atoms with Crippen LogP contribution in [0.25, 0.3) is 0 Å². The molecular weight excluding hydrogens is 445 g/mol. The fraction of sp³-hybridized carbons (Fsp3) is 0.444. The van der Waals surface area contributed by atoms with Crippen LogP contribution in [0, 0.1) is 17.4 Å². The number of rotatable bonds is 5. The summed E-state index contributed by atoms with van der Waals surface area (Å²) in [5.41, 5.74) is 4.75. The molecule has 0 spiro atoms. The minimum atomic E-state index is 0.0540. The number of thiocarbonyl (C=S) groups is 1. The lowest BCUT2D eigenvalue weighted by Gasteiger charge is -2.29. The Kier molecular flexibility index (Phi) is 5.65. The van der Waals surface area contributed by atoms with Crippen molar-refractivity contribution in [3.8, 4) is 0 Å². The predicted molar refractivity (Wildman–Crippen MR) is 114 cm³/mol. The van der Waals surface area contributed by atoms with Crippen molar-refractivity contribution in [2.75, 3.05) is 27.2 Å². The second kappa shape index (κ2) is 7.59. The molecule has 1 saturated heterocycles. The molecular formula is C18H24IN5S. The average molecular weight is 469 g/mol. The third kappa shape index (κ3) is 3.68. The molecule has 0 aromatic carbocycles. The van der Waals surface area contributed by atoms with E-state index in [1.807, 2.05) is 18.3 Å². The van der Waals surface area contributed by atoms with Crippen molar-refractivity contribution in [2.24, 2.45) is 0 Å². The van der Waals surface area contributed by atoms with E-state index in [2.05, 4.69) is 81.7 Å². The first-order valence-corrected chi connectivity index (χ1v) is 9.86. The monoisotopic (exact) mass is 469 g/mol. The van der Waals surface area contributed by atoms with Crippen molar-refractivity contribution < 1.29 is 0 Å². The van der Waals surface area contributed by atoms with Crippen LogP contribution in [-0.2, 0) is 0 Å². The molecule has 1 aliphatic heterocycles. The second-order valence-corrected chi connectivity index (χ2v) is 8.19. The maximum atomic E-state index is 5.70. The van der Waals surface area contributed by atoms with E-state index < -0.39 is 0 Å². The first-order valence-electron chi connectivity index (χ1n) is 8.37. The smallest absolute Gasteiger partial charge is 0.170 e. The minimum Gasteiger partial charge on any atom is -0.362 e. The van der Waals surface area contributed by atoms with Crippen LogP contribution in [-0.4, -0.2) is 52.1 Å². The quantitative estimate of drug-likeness (QED) is 0.521. The fourth-order valence-electron chi connectivity index (χ4n) is 3.39. The van der Waals surface area contributed by atoms with Crippen LogP contribution in [0.3, 0.4) is 0 Å². The molecule has 3 rings (SSSR count). The molecule has 2 aromatic heterocycles. The Morgan fingerprint density at radius 1 is 1.28 bits per heavy atom. The van der Waals surface area contributed by atoms with E-state index in [9.17, 15) is 0 Å². The van der Waals surface area contributed by atoms with E-state index in [4.69, 9.17) is 12.2 Å². The number of nitrogens with one attached hydrogen (secondary N) is 2. The summed E-state index contributed by atoms with van der Waals surface area (Å²) >= 11 is 8.14. The van der Waals surface area contributed by atoms with Crippen molar-refractivity contribution in [3.63, 3.8) is 0 Å². The molecule has 0 aliphatic carbocycles. The average Bonchev–Trinajstić information content (AvgIpc) is 3.02. The predicted octanol–water partition coefficient (Wildman–Crippen LogP) is 3.17. The van der Waals surface area contributed by atoms with Gasteiger partial charge in [0.2, 0.25) is 0 Å². The molecule has 25 heavy (non-hydrogen) atoms. The normalized spacial score (nSPS) is 20.4. The standard InChI is InChI=1S/C18H24IN5S/c1-11-14(15(19)12(2)21-11)17-16(13-7-5-6-8-20-13)22-18(25)24(17)10-9-23(3)4/h5-8,16-17,21H,9-10H2,1-4H3,(H,22,25)/t16-,17+/m1/s1. The molecule has 0 amide bonds. The highest BCUT2D eigenvalue weighted by Crippen LogP contribution is 2.42. The Balaban J connectivity index is 2.05. The second-order valence-electron chi connectivity index (χ2n) is 6.73. The lowest BCUT2D eigenvalue weighted by Crippen LogP contribution is -2.35. The Bertz CT molecular complexity index is 758. The number of aromatic nitrogens is 2. The summed E-state index contributed by atoms with van der Waals surface area (Å²) in [5, 5.41) is 4.32. The zero-order valence-electron chi connectivity index (χ0n) is 15.0. The highest BCUT2D eigenvalue weighted by atomic mass is 127. The van der Waals surface area contributed by atoms with Crippen LogP contribution < -0.4 is 5.32 Å². The van der Waals surface area contributed by atoms with Crippen LogP contribution in [0.1, 0.15) is 34.7 Å². The molecule has 0 saturated carbocycles. The number of H-pyrrole nitrogens is 1. The van der Waals surface area contributed by atoms with Gasteiger partial charge in [0.05, 0.1) is 17.8 Å². The molecule has 0 bridgehead atoms. The number of likely N-dealkylation sites (N-methyl/N-ethyl adjacent to an activating group) is 1. The summed E-state index contributed by atoms with van der Waals surface area (Å²) < 4.78 is 1.28. The van der Waals surface area contributed by atoms with E-state index >= 15 is 0 Å². The Morgan fingerprint density at radius 2 is 2.04 bits per heavy atom. The van der Waals surface area contributed by atoms with Gasteiger partial charge in [-0.15, -0.1) is 0 Å². The third-order valence-electron chi connectivity index (χ3n) is 4.63. The number of aromatic amines is 1. The van der Waals surface area contributed by atoms with Crippen LogP contribution in [0.15, 0.2) is 24.4 Å². The lowest BCUT2D eigenvalue weighted by atomic mass is 9.97. The zero-order valence-corrected chi connectivity index (χ0v) is 18.0. The highest BCUT2D eigenvalue weighted by molar-refractivity contribution is 14.1. The van der Waals surface area contributed by atoms with Gasteiger partial charge in [-0.05, 0) is 74.9 Å². The maximum absolute atomic E-state index is 5.70. The molecule has 0 unspecified atom stereocenters. The number of halogens is 1. The van der Waals surface area contributed by atoms with E-state index in [0.29, 0.717) is 0 Å². The first kappa shape index (κ1) is 18.6. The van der Waals surface area contributed by atoms with Gasteiger partial charge < -0.3 is 20.1 Å². The Labute approximate surface area is 168 Å². The largest absolute Gasteiger partial charge is 0.362 e. The number of hydrogen-bond acceptors (Lipinski definition) is 3. The number of aryl methyl sites for hydroxylation is 2. The van der Waals surface area contributed by atoms with Crippen molar-refractivity contribution >= 4 is 39.9 Å². The molecule has 0 radical (unpaired) electrons. The molecule has 7 heteroatoms. The van der Waals surface area contributed by atoms with Crippen molar-refractivity contribution in [1.82, 2.24) is 25.1 Å². The van der Waals surface area contributed by atoms with Crippen molar-refractivity contribution in [3.05, 3.63) is 50.6 Å². The highest BCUT2D eigenvalue weighted by Gasteiger charge is 2.41. The van der Waals surface area contributed by atoms with Crippen molar-refractivity contribution in [2.45, 2.75) is 25.9 Å². The van der Waals surface area contributed by atoms with Gasteiger partial charge >= 0.3 is 0 Å². The minimum absolute atomic E-state index is 0.0540. The Morgan fingerprint density at radius 3 is 2.60 bits per heavy atom. The third-order valence-corrected chi connectivity index (χ3v) is 6.37. The first-order chi connectivity index (χ1) is 11.9. The number of pyridine rings is 1. The van der Waals surface area contributed by atoms with E-state index in [1.165, 1.54) is 20.5 Å². The van der Waals surface area contributed by atoms with Crippen LogP contribution in [0.4, 0.5) is 0 Å². The summed E-state index contributed by atoms with van der Waals surface area (Å²) in [4.78, 5) is 12.6. The van der Waals surface area contributed by atoms with E-state index in [1.54, 1.807) is 0 Å². The topological polar surface area (TPSA) is 47.2 Å². The van der Waals surface area contributed by atoms with Gasteiger partial charge in [0, 0.05) is 39.8 Å². The van der Waals surface area contributed by atoms with E-state index in [0.717, 1.165) is 23.9 Å². The van der Waals surface area contributed by atoms with Gasteiger partial charge in [0.15, 0.2) is 5.11 Å². The van der Waals surface area contributed by atoms with Gasteiger partial charge in [-0.3, -0.25) is 4.98 Å². The SMILES string of the molecule is Cc1[nH]c(C)c([C@H]2[C@@H](c3ccccn3)NC(=S)N2CCN(C)C)c1I. The van der Waals surface area contributed by atoms with Crippen LogP contribution in [0.2, 0.25) is 0 Å². The van der Waals surface area contributed by atoms with E-state index in [-0.39, 0.29) is 12.1 Å². The summed E-state index contributed by atoms with van der Waals surface area (Å²) in [6.07, 6.45) is 1.85. The van der Waals surface area contributed by atoms with Gasteiger partial charge in [-0.25, -0.2) is 0 Å².